The molecular weight excluding hydrogens is 895 g/mol. The molecule has 11 heteroatoms. The number of rotatable bonds is 24. The molecule has 0 bridgehead atoms. The summed E-state index contributed by atoms with van der Waals surface area (Å²) in [5.41, 5.74) is 6.68. The van der Waals surface area contributed by atoms with Crippen molar-refractivity contribution in [1.82, 2.24) is 0 Å². The van der Waals surface area contributed by atoms with Gasteiger partial charge in [-0.15, -0.1) is 0 Å². The summed E-state index contributed by atoms with van der Waals surface area (Å²) < 4.78 is 62.6. The lowest BCUT2D eigenvalue weighted by molar-refractivity contribution is -0.363. The van der Waals surface area contributed by atoms with Gasteiger partial charge in [0.15, 0.2) is 12.6 Å². The summed E-state index contributed by atoms with van der Waals surface area (Å²) in [6.07, 6.45) is -7.73. The Kier molecular flexibility index (Phi) is 18.6. The largest absolute Gasteiger partial charge is 0.394 e. The number of hydrogen-bond donors (Lipinski definition) is 2. The predicted molar refractivity (Wildman–Crippen MR) is 271 cm³/mol. The Bertz CT molecular complexity index is 2530. The van der Waals surface area contributed by atoms with Crippen LogP contribution in [0.2, 0.25) is 0 Å². The fourth-order valence-corrected chi connectivity index (χ4v) is 8.97. The third kappa shape index (κ3) is 14.3. The summed E-state index contributed by atoms with van der Waals surface area (Å²) in [7, 11) is 0. The van der Waals surface area contributed by atoms with Crippen LogP contribution in [0.3, 0.4) is 0 Å². The Labute approximate surface area is 417 Å². The second kappa shape index (κ2) is 26.4. The van der Waals surface area contributed by atoms with Gasteiger partial charge in [0.25, 0.3) is 0 Å². The number of ether oxygens (including phenoxy) is 9. The smallest absolute Gasteiger partial charge is 0.187 e. The maximum Gasteiger partial charge on any atom is 0.187 e. The van der Waals surface area contributed by atoms with Crippen molar-refractivity contribution in [2.75, 3.05) is 18.5 Å². The van der Waals surface area contributed by atoms with Gasteiger partial charge in [0.2, 0.25) is 0 Å². The van der Waals surface area contributed by atoms with Crippen LogP contribution in [0.15, 0.2) is 212 Å². The maximum absolute atomic E-state index is 11.3. The third-order valence-electron chi connectivity index (χ3n) is 12.6. The van der Waals surface area contributed by atoms with Gasteiger partial charge in [-0.2, -0.15) is 0 Å². The molecule has 7 aromatic carbocycles. The fourth-order valence-electron chi connectivity index (χ4n) is 8.97. The SMILES string of the molecule is OCC1OC(OC2C(COCc3ccccc3)OC(OCc3ccccc3)C(Nc3ccccc3)C2OCc2ccccc2)C(OCc2ccccc2)C(OCc2ccccc2)C1OCc1ccccc1. The third-order valence-corrected chi connectivity index (χ3v) is 12.6. The van der Waals surface area contributed by atoms with Crippen molar-refractivity contribution < 1.29 is 47.7 Å². The van der Waals surface area contributed by atoms with Crippen LogP contribution in [0.1, 0.15) is 33.4 Å². The molecule has 2 aliphatic rings. The van der Waals surface area contributed by atoms with Crippen LogP contribution in [0.5, 0.6) is 0 Å². The van der Waals surface area contributed by atoms with Crippen molar-refractivity contribution in [3.05, 3.63) is 246 Å². The van der Waals surface area contributed by atoms with Crippen LogP contribution in [0.4, 0.5) is 5.69 Å². The van der Waals surface area contributed by atoms with Gasteiger partial charge in [-0.3, -0.25) is 0 Å². The molecule has 0 spiro atoms. The summed E-state index contributed by atoms with van der Waals surface area (Å²) in [5, 5.41) is 15.0. The Hall–Kier alpha value is -6.06. The Morgan fingerprint density at radius 3 is 1.17 bits per heavy atom. The number of para-hydroxylation sites is 1. The first-order valence-electron chi connectivity index (χ1n) is 24.4. The Balaban J connectivity index is 1.11. The number of aliphatic hydroxyl groups excluding tert-OH is 1. The van der Waals surface area contributed by atoms with Crippen LogP contribution in [-0.2, 0) is 82.3 Å². The second-order valence-corrected chi connectivity index (χ2v) is 17.7. The van der Waals surface area contributed by atoms with Gasteiger partial charge in [0.1, 0.15) is 48.8 Å². The van der Waals surface area contributed by atoms with E-state index in [0.29, 0.717) is 6.61 Å². The molecule has 0 saturated carbocycles. The highest BCUT2D eigenvalue weighted by molar-refractivity contribution is 5.44. The zero-order valence-electron chi connectivity index (χ0n) is 39.8. The number of anilines is 1. The van der Waals surface area contributed by atoms with Gasteiger partial charge < -0.3 is 53.1 Å². The molecule has 7 aromatic rings. The van der Waals surface area contributed by atoms with E-state index in [-0.39, 0.29) is 46.2 Å². The summed E-state index contributed by atoms with van der Waals surface area (Å²) in [4.78, 5) is 0. The average Bonchev–Trinajstić information content (AvgIpc) is 3.43. The highest BCUT2D eigenvalue weighted by atomic mass is 16.8. The molecule has 2 heterocycles. The van der Waals surface area contributed by atoms with Crippen molar-refractivity contribution in [3.63, 3.8) is 0 Å². The lowest BCUT2D eigenvalue weighted by Crippen LogP contribution is -2.67. The lowest BCUT2D eigenvalue weighted by atomic mass is 9.94. The van der Waals surface area contributed by atoms with E-state index in [9.17, 15) is 5.11 Å². The minimum atomic E-state index is -1.14. The number of hydrogen-bond acceptors (Lipinski definition) is 11. The van der Waals surface area contributed by atoms with Gasteiger partial charge >= 0.3 is 0 Å². The van der Waals surface area contributed by atoms with Crippen LogP contribution >= 0.6 is 0 Å². The Morgan fingerprint density at radius 1 is 0.352 bits per heavy atom. The van der Waals surface area contributed by atoms with Crippen LogP contribution in [0, 0.1) is 0 Å². The molecular formula is C60H63NO10. The molecule has 2 saturated heterocycles. The highest BCUT2D eigenvalue weighted by Crippen LogP contribution is 2.37. The summed E-state index contributed by atoms with van der Waals surface area (Å²) in [5.74, 6) is 0. The van der Waals surface area contributed by atoms with E-state index in [1.54, 1.807) is 0 Å². The van der Waals surface area contributed by atoms with Crippen molar-refractivity contribution in [3.8, 4) is 0 Å². The van der Waals surface area contributed by atoms with E-state index >= 15 is 0 Å². The zero-order valence-corrected chi connectivity index (χ0v) is 39.8. The molecule has 0 radical (unpaired) electrons. The number of aliphatic hydroxyl groups is 1. The van der Waals surface area contributed by atoms with E-state index in [1.807, 2.05) is 212 Å². The summed E-state index contributed by atoms with van der Waals surface area (Å²) in [6.45, 7) is 1.27. The molecule has 2 N–H and O–H groups in total. The van der Waals surface area contributed by atoms with Crippen LogP contribution < -0.4 is 5.32 Å². The average molecular weight is 958 g/mol. The molecule has 2 aliphatic heterocycles. The van der Waals surface area contributed by atoms with Crippen molar-refractivity contribution in [2.24, 2.45) is 0 Å². The molecule has 2 fully saturated rings. The predicted octanol–water partition coefficient (Wildman–Crippen LogP) is 10.1. The van der Waals surface area contributed by atoms with Gasteiger partial charge in [-0.05, 0) is 45.5 Å². The highest BCUT2D eigenvalue weighted by Gasteiger charge is 2.54. The first kappa shape index (κ1) is 49.9. The fraction of sp³-hybridized carbons (Fsp3) is 0.300. The molecule has 11 nitrogen and oxygen atoms in total. The van der Waals surface area contributed by atoms with E-state index < -0.39 is 61.3 Å². The van der Waals surface area contributed by atoms with Crippen molar-refractivity contribution in [1.29, 1.82) is 0 Å². The van der Waals surface area contributed by atoms with E-state index in [0.717, 1.165) is 39.1 Å². The van der Waals surface area contributed by atoms with E-state index in [4.69, 9.17) is 42.6 Å². The van der Waals surface area contributed by atoms with Gasteiger partial charge in [-0.25, -0.2) is 0 Å². The minimum Gasteiger partial charge on any atom is -0.394 e. The second-order valence-electron chi connectivity index (χ2n) is 17.7. The Morgan fingerprint density at radius 2 is 0.718 bits per heavy atom. The van der Waals surface area contributed by atoms with E-state index in [1.165, 1.54) is 0 Å². The molecule has 71 heavy (non-hydrogen) atoms. The van der Waals surface area contributed by atoms with Crippen molar-refractivity contribution >= 4 is 5.69 Å². The standard InChI is InChI=1S/C60H63NO10/c62-36-51-54(64-38-45-24-10-2-11-25-45)57(66-40-47-28-14-4-15-29-47)58(67-41-48-30-16-5-17-31-48)60(69-51)71-55-52(43-63-37-44-22-8-1-9-23-44)70-59(68-42-49-32-18-6-19-33-49)53(61-50-34-20-7-21-35-50)56(55)65-39-46-26-12-3-13-27-46/h1-35,51-62H,36-43H2. The first-order chi connectivity index (χ1) is 35.2. The summed E-state index contributed by atoms with van der Waals surface area (Å²) >= 11 is 0. The molecule has 0 amide bonds. The minimum absolute atomic E-state index is 0.108. The quantitative estimate of drug-likeness (QED) is 0.0603. The zero-order chi connectivity index (χ0) is 48.3. The van der Waals surface area contributed by atoms with Crippen LogP contribution in [-0.4, -0.2) is 79.7 Å². The molecule has 0 aromatic heterocycles. The monoisotopic (exact) mass is 957 g/mol. The lowest BCUT2D eigenvalue weighted by Gasteiger charge is -2.50. The summed E-state index contributed by atoms with van der Waals surface area (Å²) in [6, 6.07) is 69.2. The molecule has 9 rings (SSSR count). The van der Waals surface area contributed by atoms with Crippen LogP contribution in [0.25, 0.3) is 0 Å². The maximum atomic E-state index is 11.3. The first-order valence-corrected chi connectivity index (χ1v) is 24.4. The molecule has 10 atom stereocenters. The van der Waals surface area contributed by atoms with Gasteiger partial charge in [0.05, 0.1) is 52.9 Å². The van der Waals surface area contributed by atoms with Gasteiger partial charge in [-0.1, -0.05) is 200 Å². The normalized spacial score (nSPS) is 24.3. The van der Waals surface area contributed by atoms with Gasteiger partial charge in [0, 0.05) is 5.69 Å². The molecule has 0 aliphatic carbocycles. The number of nitrogens with one attached hydrogen (secondary N) is 1. The number of benzene rings is 7. The topological polar surface area (TPSA) is 115 Å². The molecule has 10 unspecified atom stereocenters. The molecule has 368 valence electrons. The van der Waals surface area contributed by atoms with E-state index in [2.05, 4.69) is 5.32 Å². The van der Waals surface area contributed by atoms with Crippen molar-refractivity contribution in [2.45, 2.75) is 101 Å².